The number of hydrogen-bond acceptors (Lipinski definition) is 4. The molecule has 0 amide bonds. The van der Waals surface area contributed by atoms with Crippen molar-refractivity contribution in [3.05, 3.63) is 39.0 Å². The number of aromatic amines is 1. The van der Waals surface area contributed by atoms with E-state index in [-0.39, 0.29) is 17.3 Å². The monoisotopic (exact) mass is 365 g/mol. The van der Waals surface area contributed by atoms with Crippen LogP contribution in [0, 0.1) is 17.2 Å². The average Bonchev–Trinajstić information content (AvgIpc) is 3.19. The van der Waals surface area contributed by atoms with Gasteiger partial charge in [0.2, 0.25) is 0 Å². The standard InChI is InChI=1S/C17H14F3N3OS/c1-9-4-2-5-11(9)22-15-13(17(18,19)20)10(8-21)16(24)23-14(15)12-6-3-7-25-12/h3,6-7,9H,2,4-5H2,1H3,(H,23,24). The molecule has 130 valence electrons. The van der Waals surface area contributed by atoms with E-state index in [2.05, 4.69) is 9.98 Å². The number of nitrogens with zero attached hydrogens (tertiary/aromatic N) is 2. The second-order valence-corrected chi connectivity index (χ2v) is 6.86. The van der Waals surface area contributed by atoms with Gasteiger partial charge in [-0.05, 0) is 36.6 Å². The van der Waals surface area contributed by atoms with Crippen LogP contribution in [0.4, 0.5) is 18.9 Å². The number of aromatic nitrogens is 1. The number of H-pyrrole nitrogens is 1. The van der Waals surface area contributed by atoms with E-state index in [1.54, 1.807) is 17.5 Å². The molecule has 1 N–H and O–H groups in total. The van der Waals surface area contributed by atoms with Gasteiger partial charge in [-0.3, -0.25) is 9.79 Å². The topological polar surface area (TPSA) is 69.0 Å². The van der Waals surface area contributed by atoms with Crippen LogP contribution < -0.4 is 5.56 Å². The van der Waals surface area contributed by atoms with Crippen molar-refractivity contribution in [2.75, 3.05) is 0 Å². The molecule has 1 saturated carbocycles. The fourth-order valence-electron chi connectivity index (χ4n) is 3.00. The van der Waals surface area contributed by atoms with Crippen LogP contribution in [0.3, 0.4) is 0 Å². The second-order valence-electron chi connectivity index (χ2n) is 5.91. The first-order valence-corrected chi connectivity index (χ1v) is 8.59. The maximum Gasteiger partial charge on any atom is 0.420 e. The van der Waals surface area contributed by atoms with Gasteiger partial charge in [0, 0.05) is 5.71 Å². The molecule has 25 heavy (non-hydrogen) atoms. The Morgan fingerprint density at radius 2 is 2.20 bits per heavy atom. The van der Waals surface area contributed by atoms with Crippen LogP contribution in [0.1, 0.15) is 37.3 Å². The summed E-state index contributed by atoms with van der Waals surface area (Å²) in [4.78, 5) is 19.3. The van der Waals surface area contributed by atoms with Crippen molar-refractivity contribution in [1.29, 1.82) is 5.26 Å². The molecule has 1 unspecified atom stereocenters. The Morgan fingerprint density at radius 1 is 1.44 bits per heavy atom. The Kier molecular flexibility index (Phi) is 4.52. The van der Waals surface area contributed by atoms with Crippen LogP contribution in [-0.4, -0.2) is 10.7 Å². The summed E-state index contributed by atoms with van der Waals surface area (Å²) in [7, 11) is 0. The van der Waals surface area contributed by atoms with Crippen molar-refractivity contribution in [1.82, 2.24) is 4.98 Å². The van der Waals surface area contributed by atoms with Crippen LogP contribution in [0.25, 0.3) is 10.6 Å². The summed E-state index contributed by atoms with van der Waals surface area (Å²) in [5.41, 5.74) is -2.94. The normalized spacial score (nSPS) is 19.3. The number of aliphatic imine (C=N–C) groups is 1. The molecule has 4 nitrogen and oxygen atoms in total. The number of halogens is 3. The highest BCUT2D eigenvalue weighted by Crippen LogP contribution is 2.43. The molecule has 0 saturated heterocycles. The lowest BCUT2D eigenvalue weighted by Gasteiger charge is -2.16. The van der Waals surface area contributed by atoms with Crippen molar-refractivity contribution in [3.8, 4) is 16.6 Å². The molecule has 0 aromatic carbocycles. The maximum atomic E-state index is 13.7. The summed E-state index contributed by atoms with van der Waals surface area (Å²) < 4.78 is 41.1. The van der Waals surface area contributed by atoms with Crippen LogP contribution in [0.15, 0.2) is 27.3 Å². The summed E-state index contributed by atoms with van der Waals surface area (Å²) in [6.07, 6.45) is -2.51. The number of nitrogens with one attached hydrogen (secondary N) is 1. The minimum Gasteiger partial charge on any atom is -0.318 e. The Hall–Kier alpha value is -2.40. The zero-order chi connectivity index (χ0) is 18.2. The number of pyridine rings is 1. The number of thiophene rings is 1. The van der Waals surface area contributed by atoms with Gasteiger partial charge < -0.3 is 4.98 Å². The van der Waals surface area contributed by atoms with Crippen LogP contribution in [-0.2, 0) is 6.18 Å². The van der Waals surface area contributed by atoms with Crippen molar-refractivity contribution in [2.24, 2.45) is 10.9 Å². The molecule has 0 spiro atoms. The van der Waals surface area contributed by atoms with E-state index in [4.69, 9.17) is 5.26 Å². The number of nitriles is 1. The minimum absolute atomic E-state index is 0.0120. The molecule has 0 radical (unpaired) electrons. The van der Waals surface area contributed by atoms with Crippen molar-refractivity contribution in [3.63, 3.8) is 0 Å². The predicted molar refractivity (Wildman–Crippen MR) is 90.2 cm³/mol. The maximum absolute atomic E-state index is 13.7. The third-order valence-electron chi connectivity index (χ3n) is 4.25. The van der Waals surface area contributed by atoms with Gasteiger partial charge in [0.25, 0.3) is 5.56 Å². The minimum atomic E-state index is -4.85. The lowest BCUT2D eigenvalue weighted by atomic mass is 10.0. The fraction of sp³-hybridized carbons (Fsp3) is 0.353. The van der Waals surface area contributed by atoms with Crippen molar-refractivity contribution < 1.29 is 13.2 Å². The van der Waals surface area contributed by atoms with Gasteiger partial charge in [-0.2, -0.15) is 18.4 Å². The van der Waals surface area contributed by atoms with E-state index in [0.717, 1.165) is 12.8 Å². The first-order valence-electron chi connectivity index (χ1n) is 7.71. The molecular weight excluding hydrogens is 351 g/mol. The molecule has 1 atom stereocenters. The molecule has 2 aromatic heterocycles. The first kappa shape index (κ1) is 17.4. The van der Waals surface area contributed by atoms with Crippen molar-refractivity contribution >= 4 is 22.7 Å². The summed E-state index contributed by atoms with van der Waals surface area (Å²) in [5, 5.41) is 10.8. The summed E-state index contributed by atoms with van der Waals surface area (Å²) in [5.74, 6) is 0.0785. The molecule has 1 fully saturated rings. The number of hydrogen-bond donors (Lipinski definition) is 1. The number of alkyl halides is 3. The molecule has 1 aliphatic rings. The Bertz CT molecular complexity index is 920. The third kappa shape index (κ3) is 3.24. The van der Waals surface area contributed by atoms with E-state index in [1.165, 1.54) is 17.4 Å². The SMILES string of the molecule is CC1CCCC1=Nc1c(-c2cccs2)[nH]c(=O)c(C#N)c1C(F)(F)F. The van der Waals surface area contributed by atoms with Crippen molar-refractivity contribution in [2.45, 2.75) is 32.4 Å². The van der Waals surface area contributed by atoms with E-state index < -0.39 is 22.9 Å². The first-order chi connectivity index (χ1) is 11.8. The summed E-state index contributed by atoms with van der Waals surface area (Å²) in [6, 6.07) is 4.68. The molecular formula is C17H14F3N3OS. The highest BCUT2D eigenvalue weighted by molar-refractivity contribution is 7.13. The van der Waals surface area contributed by atoms with Crippen LogP contribution in [0.2, 0.25) is 0 Å². The lowest BCUT2D eigenvalue weighted by Crippen LogP contribution is -2.20. The van der Waals surface area contributed by atoms with Gasteiger partial charge in [-0.15, -0.1) is 11.3 Å². The highest BCUT2D eigenvalue weighted by atomic mass is 32.1. The van der Waals surface area contributed by atoms with E-state index in [9.17, 15) is 18.0 Å². The molecule has 0 aliphatic heterocycles. The molecule has 8 heteroatoms. The summed E-state index contributed by atoms with van der Waals surface area (Å²) >= 11 is 1.20. The van der Waals surface area contributed by atoms with Crippen LogP contribution >= 0.6 is 11.3 Å². The summed E-state index contributed by atoms with van der Waals surface area (Å²) in [6.45, 7) is 1.92. The third-order valence-corrected chi connectivity index (χ3v) is 5.13. The van der Waals surface area contributed by atoms with Gasteiger partial charge in [-0.1, -0.05) is 13.0 Å². The fourth-order valence-corrected chi connectivity index (χ4v) is 3.72. The van der Waals surface area contributed by atoms with Crippen LogP contribution in [0.5, 0.6) is 0 Å². The van der Waals surface area contributed by atoms with E-state index in [0.29, 0.717) is 17.0 Å². The zero-order valence-electron chi connectivity index (χ0n) is 13.3. The molecule has 2 aromatic rings. The average molecular weight is 365 g/mol. The van der Waals surface area contributed by atoms with E-state index in [1.807, 2.05) is 6.92 Å². The van der Waals surface area contributed by atoms with Gasteiger partial charge in [0.1, 0.15) is 22.9 Å². The molecule has 1 aliphatic carbocycles. The second kappa shape index (κ2) is 6.48. The van der Waals surface area contributed by atoms with Gasteiger partial charge in [-0.25, -0.2) is 0 Å². The predicted octanol–water partition coefficient (Wildman–Crippen LogP) is 4.89. The molecule has 3 rings (SSSR count). The number of rotatable bonds is 2. The highest BCUT2D eigenvalue weighted by Gasteiger charge is 2.40. The largest absolute Gasteiger partial charge is 0.420 e. The Morgan fingerprint density at radius 3 is 2.72 bits per heavy atom. The van der Waals surface area contributed by atoms with Gasteiger partial charge >= 0.3 is 6.18 Å². The Balaban J connectivity index is 2.39. The van der Waals surface area contributed by atoms with E-state index >= 15 is 0 Å². The van der Waals surface area contributed by atoms with Gasteiger partial charge in [0.15, 0.2) is 0 Å². The quantitative estimate of drug-likeness (QED) is 0.823. The Labute approximate surface area is 145 Å². The van der Waals surface area contributed by atoms with Gasteiger partial charge in [0.05, 0.1) is 10.6 Å². The molecule has 0 bridgehead atoms. The molecule has 2 heterocycles. The zero-order valence-corrected chi connectivity index (χ0v) is 14.1. The smallest absolute Gasteiger partial charge is 0.318 e. The lowest BCUT2D eigenvalue weighted by molar-refractivity contribution is -0.137.